The molecule has 2 N–H and O–H groups in total. The number of alkyl halides is 1. The van der Waals surface area contributed by atoms with Gasteiger partial charge in [-0.3, -0.25) is 0 Å². The van der Waals surface area contributed by atoms with Gasteiger partial charge in [-0.15, -0.1) is 5.10 Å². The Bertz CT molecular complexity index is 386. The molecule has 0 bridgehead atoms. The van der Waals surface area contributed by atoms with E-state index in [4.69, 9.17) is 9.47 Å². The van der Waals surface area contributed by atoms with E-state index < -0.39 is 30.4 Å². The van der Waals surface area contributed by atoms with Gasteiger partial charge in [-0.1, -0.05) is 5.21 Å². The van der Waals surface area contributed by atoms with Crippen LogP contribution in [0.2, 0.25) is 0 Å². The van der Waals surface area contributed by atoms with Crippen molar-refractivity contribution in [2.45, 2.75) is 44.2 Å². The fraction of sp³-hybridized carbons (Fsp3) is 0.800. The number of aliphatic hydroxyl groups excluding tert-OH is 2. The minimum atomic E-state index is -1.85. The second-order valence-corrected chi connectivity index (χ2v) is 4.61. The molecule has 4 atom stereocenters. The molecule has 2 unspecified atom stereocenters. The summed E-state index contributed by atoms with van der Waals surface area (Å²) in [7, 11) is 0. The van der Waals surface area contributed by atoms with Crippen LogP contribution in [0.1, 0.15) is 20.1 Å². The smallest absolute Gasteiger partial charge is 0.221 e. The molecule has 8 heteroatoms. The normalized spacial score (nSPS) is 30.9. The van der Waals surface area contributed by atoms with Gasteiger partial charge in [0.05, 0.1) is 12.8 Å². The average molecular weight is 261 g/mol. The molecule has 1 aliphatic heterocycles. The zero-order chi connectivity index (χ0) is 13.3. The highest BCUT2D eigenvalue weighted by Gasteiger charge is 2.43. The van der Waals surface area contributed by atoms with Gasteiger partial charge in [0.2, 0.25) is 6.30 Å². The Morgan fingerprint density at radius 1 is 1.56 bits per heavy atom. The summed E-state index contributed by atoms with van der Waals surface area (Å²) >= 11 is 0. The van der Waals surface area contributed by atoms with Crippen LogP contribution in [0.15, 0.2) is 12.4 Å². The summed E-state index contributed by atoms with van der Waals surface area (Å²) in [5.41, 5.74) is 0. The van der Waals surface area contributed by atoms with Crippen LogP contribution < -0.4 is 0 Å². The standard InChI is InChI=1S/C10H16FN3O4/c1-10(2)17-5-6(15)8(18-10)7(16)9(11)14-4-3-12-13-14/h3-4,6-9,15-16H,5H2,1-2H3/t6-,7-,8?,9?/m1/s1. The Morgan fingerprint density at radius 2 is 2.28 bits per heavy atom. The number of rotatable bonds is 3. The van der Waals surface area contributed by atoms with E-state index >= 15 is 0 Å². The fourth-order valence-electron chi connectivity index (χ4n) is 1.78. The molecular weight excluding hydrogens is 245 g/mol. The third kappa shape index (κ3) is 2.66. The topological polar surface area (TPSA) is 89.6 Å². The minimum Gasteiger partial charge on any atom is -0.388 e. The van der Waals surface area contributed by atoms with E-state index in [9.17, 15) is 14.6 Å². The zero-order valence-corrected chi connectivity index (χ0v) is 10.1. The predicted molar refractivity (Wildman–Crippen MR) is 57.1 cm³/mol. The summed E-state index contributed by atoms with van der Waals surface area (Å²) < 4.78 is 25.3. The van der Waals surface area contributed by atoms with Gasteiger partial charge in [0.25, 0.3) is 0 Å². The Hall–Kier alpha value is -1.09. The van der Waals surface area contributed by atoms with Gasteiger partial charge in [0.1, 0.15) is 18.3 Å². The number of aliphatic hydroxyl groups is 2. The Kier molecular flexibility index (Phi) is 3.62. The maximum atomic E-state index is 14.0. The average Bonchev–Trinajstić information content (AvgIpc) is 2.84. The monoisotopic (exact) mass is 261 g/mol. The van der Waals surface area contributed by atoms with E-state index in [1.54, 1.807) is 13.8 Å². The van der Waals surface area contributed by atoms with Gasteiger partial charge in [-0.2, -0.15) is 0 Å². The maximum Gasteiger partial charge on any atom is 0.221 e. The summed E-state index contributed by atoms with van der Waals surface area (Å²) in [4.78, 5) is 0. The van der Waals surface area contributed by atoms with Gasteiger partial charge in [0, 0.05) is 6.20 Å². The summed E-state index contributed by atoms with van der Waals surface area (Å²) in [5, 5.41) is 26.5. The van der Waals surface area contributed by atoms with Gasteiger partial charge >= 0.3 is 0 Å². The molecule has 1 saturated heterocycles. The third-order valence-electron chi connectivity index (χ3n) is 2.71. The van der Waals surface area contributed by atoms with Gasteiger partial charge < -0.3 is 19.7 Å². The zero-order valence-electron chi connectivity index (χ0n) is 10.1. The number of halogens is 1. The molecule has 1 aromatic heterocycles. The van der Waals surface area contributed by atoms with Crippen molar-refractivity contribution in [2.75, 3.05) is 6.61 Å². The lowest BCUT2D eigenvalue weighted by molar-refractivity contribution is -0.324. The molecule has 7 nitrogen and oxygen atoms in total. The van der Waals surface area contributed by atoms with E-state index in [1.807, 2.05) is 0 Å². The SMILES string of the molecule is CC1(C)OC[C@@H](O)C([C@@H](O)C(F)n2ccnn2)O1. The molecule has 0 amide bonds. The molecule has 18 heavy (non-hydrogen) atoms. The lowest BCUT2D eigenvalue weighted by Crippen LogP contribution is -2.55. The second-order valence-electron chi connectivity index (χ2n) is 4.61. The Labute approximate surface area is 103 Å². The summed E-state index contributed by atoms with van der Waals surface area (Å²) in [6.45, 7) is 3.22. The van der Waals surface area contributed by atoms with Crippen LogP contribution in [0.5, 0.6) is 0 Å². The Morgan fingerprint density at radius 3 is 2.89 bits per heavy atom. The highest BCUT2D eigenvalue weighted by molar-refractivity contribution is 4.86. The van der Waals surface area contributed by atoms with E-state index in [-0.39, 0.29) is 6.61 Å². The Balaban J connectivity index is 2.09. The van der Waals surface area contributed by atoms with Crippen molar-refractivity contribution in [1.29, 1.82) is 0 Å². The molecular formula is C10H16FN3O4. The molecule has 2 rings (SSSR count). The van der Waals surface area contributed by atoms with Crippen molar-refractivity contribution in [3.8, 4) is 0 Å². The largest absolute Gasteiger partial charge is 0.388 e. The van der Waals surface area contributed by atoms with E-state index in [0.717, 1.165) is 4.68 Å². The molecule has 0 saturated carbocycles. The molecule has 1 aromatic rings. The van der Waals surface area contributed by atoms with Crippen molar-refractivity contribution in [3.05, 3.63) is 12.4 Å². The fourth-order valence-corrected chi connectivity index (χ4v) is 1.78. The molecule has 2 heterocycles. The number of nitrogens with zero attached hydrogens (tertiary/aromatic N) is 3. The van der Waals surface area contributed by atoms with Crippen LogP contribution in [-0.2, 0) is 9.47 Å². The molecule has 1 fully saturated rings. The molecule has 0 aliphatic carbocycles. The summed E-state index contributed by atoms with van der Waals surface area (Å²) in [6, 6.07) is 0. The van der Waals surface area contributed by atoms with E-state index in [1.165, 1.54) is 12.4 Å². The first kappa shape index (κ1) is 13.3. The van der Waals surface area contributed by atoms with Gasteiger partial charge in [-0.25, -0.2) is 9.07 Å². The predicted octanol–water partition coefficient (Wildman–Crippen LogP) is -0.381. The number of hydrogen-bond donors (Lipinski definition) is 2. The van der Waals surface area contributed by atoms with E-state index in [2.05, 4.69) is 10.3 Å². The molecule has 0 radical (unpaired) electrons. The lowest BCUT2D eigenvalue weighted by Gasteiger charge is -2.41. The van der Waals surface area contributed by atoms with Crippen molar-refractivity contribution >= 4 is 0 Å². The number of hydrogen-bond acceptors (Lipinski definition) is 6. The van der Waals surface area contributed by atoms with Gasteiger partial charge in [0.15, 0.2) is 5.79 Å². The number of ether oxygens (including phenoxy) is 2. The van der Waals surface area contributed by atoms with Crippen molar-refractivity contribution in [3.63, 3.8) is 0 Å². The van der Waals surface area contributed by atoms with Crippen LogP contribution in [0.3, 0.4) is 0 Å². The lowest BCUT2D eigenvalue weighted by atomic mass is 10.1. The maximum absolute atomic E-state index is 14.0. The van der Waals surface area contributed by atoms with Crippen LogP contribution >= 0.6 is 0 Å². The van der Waals surface area contributed by atoms with Crippen LogP contribution in [-0.4, -0.2) is 55.9 Å². The van der Waals surface area contributed by atoms with Crippen LogP contribution in [0, 0.1) is 0 Å². The highest BCUT2D eigenvalue weighted by atomic mass is 19.1. The van der Waals surface area contributed by atoms with Crippen LogP contribution in [0.25, 0.3) is 0 Å². The third-order valence-corrected chi connectivity index (χ3v) is 2.71. The first-order valence-corrected chi connectivity index (χ1v) is 5.58. The second kappa shape index (κ2) is 4.88. The molecule has 0 spiro atoms. The number of aromatic nitrogens is 3. The first-order valence-electron chi connectivity index (χ1n) is 5.58. The molecule has 0 aromatic carbocycles. The highest BCUT2D eigenvalue weighted by Crippen LogP contribution is 2.28. The quantitative estimate of drug-likeness (QED) is 0.771. The minimum absolute atomic E-state index is 0.0290. The molecule has 102 valence electrons. The van der Waals surface area contributed by atoms with Gasteiger partial charge in [-0.05, 0) is 13.8 Å². The summed E-state index contributed by atoms with van der Waals surface area (Å²) in [5.74, 6) is -0.979. The summed E-state index contributed by atoms with van der Waals surface area (Å²) in [6.07, 6.45) is -3.02. The van der Waals surface area contributed by atoms with Crippen LogP contribution in [0.4, 0.5) is 4.39 Å². The van der Waals surface area contributed by atoms with Crippen molar-refractivity contribution < 1.29 is 24.1 Å². The molecule has 1 aliphatic rings. The van der Waals surface area contributed by atoms with Crippen molar-refractivity contribution in [2.24, 2.45) is 0 Å². The van der Waals surface area contributed by atoms with E-state index in [0.29, 0.717) is 0 Å². The first-order chi connectivity index (χ1) is 8.41. The van der Waals surface area contributed by atoms with Crippen molar-refractivity contribution in [1.82, 2.24) is 15.0 Å².